The molecule has 0 amide bonds. The van der Waals surface area contributed by atoms with Crippen molar-refractivity contribution >= 4 is 5.97 Å². The van der Waals surface area contributed by atoms with Crippen LogP contribution in [0.2, 0.25) is 0 Å². The third-order valence-electron chi connectivity index (χ3n) is 3.33. The van der Waals surface area contributed by atoms with Crippen molar-refractivity contribution in [3.8, 4) is 0 Å². The van der Waals surface area contributed by atoms with Gasteiger partial charge in [0, 0.05) is 31.8 Å². The number of carbonyl (C=O) groups is 1. The first kappa shape index (κ1) is 14.4. The van der Waals surface area contributed by atoms with E-state index in [-0.39, 0.29) is 18.6 Å². The van der Waals surface area contributed by atoms with E-state index < -0.39 is 5.97 Å². The molecule has 2 unspecified atom stereocenters. The maximum Gasteiger partial charge on any atom is 0.307 e. The van der Waals surface area contributed by atoms with Gasteiger partial charge in [-0.15, -0.1) is 0 Å². The van der Waals surface area contributed by atoms with Crippen LogP contribution in [0.5, 0.6) is 0 Å². The van der Waals surface area contributed by atoms with Gasteiger partial charge in [0.15, 0.2) is 0 Å². The highest BCUT2D eigenvalue weighted by molar-refractivity contribution is 5.70. The van der Waals surface area contributed by atoms with E-state index in [1.165, 1.54) is 0 Å². The van der Waals surface area contributed by atoms with Crippen molar-refractivity contribution < 1.29 is 15.0 Å². The highest BCUT2D eigenvalue weighted by Crippen LogP contribution is 2.19. The molecule has 1 heterocycles. The second-order valence-electron chi connectivity index (χ2n) is 5.05. The van der Waals surface area contributed by atoms with Gasteiger partial charge in [-0.1, -0.05) is 0 Å². The number of nitrogens with zero attached hydrogens (tertiary/aromatic N) is 1. The summed E-state index contributed by atoms with van der Waals surface area (Å²) >= 11 is 0. The average molecular weight is 244 g/mol. The third kappa shape index (κ3) is 4.61. The van der Waals surface area contributed by atoms with Gasteiger partial charge >= 0.3 is 5.97 Å². The molecule has 0 aromatic heterocycles. The first-order chi connectivity index (χ1) is 8.04. The molecule has 0 bridgehead atoms. The van der Waals surface area contributed by atoms with Crippen LogP contribution >= 0.6 is 0 Å². The van der Waals surface area contributed by atoms with Crippen molar-refractivity contribution in [3.05, 3.63) is 0 Å². The van der Waals surface area contributed by atoms with Crippen LogP contribution in [0.25, 0.3) is 0 Å². The van der Waals surface area contributed by atoms with Gasteiger partial charge in [-0.2, -0.15) is 0 Å². The topological polar surface area (TPSA) is 72.8 Å². The molecular weight excluding hydrogens is 220 g/mol. The molecule has 17 heavy (non-hydrogen) atoms. The molecule has 0 radical (unpaired) electrons. The number of piperidine rings is 1. The smallest absolute Gasteiger partial charge is 0.307 e. The first-order valence-corrected chi connectivity index (χ1v) is 6.35. The zero-order valence-electron chi connectivity index (χ0n) is 10.7. The summed E-state index contributed by atoms with van der Waals surface area (Å²) < 4.78 is 0. The molecule has 1 saturated heterocycles. The monoisotopic (exact) mass is 244 g/mol. The van der Waals surface area contributed by atoms with E-state index in [2.05, 4.69) is 24.1 Å². The standard InChI is InChI=1S/C12H24N2O3/c1-9(2)14-7-10(12(16)17)6-11(8-14)13-4-3-5-15/h9-11,13,15H,3-8H2,1-2H3,(H,16,17). The highest BCUT2D eigenvalue weighted by Gasteiger charge is 2.32. The van der Waals surface area contributed by atoms with Crippen LogP contribution in [0, 0.1) is 5.92 Å². The van der Waals surface area contributed by atoms with Crippen LogP contribution in [-0.4, -0.2) is 59.4 Å². The number of hydrogen-bond donors (Lipinski definition) is 3. The van der Waals surface area contributed by atoms with Crippen molar-refractivity contribution in [2.75, 3.05) is 26.2 Å². The van der Waals surface area contributed by atoms with E-state index in [1.807, 2.05) is 0 Å². The fraction of sp³-hybridized carbons (Fsp3) is 0.917. The summed E-state index contributed by atoms with van der Waals surface area (Å²) in [5.74, 6) is -0.984. The zero-order chi connectivity index (χ0) is 12.8. The Hall–Kier alpha value is -0.650. The predicted molar refractivity (Wildman–Crippen MR) is 65.9 cm³/mol. The quantitative estimate of drug-likeness (QED) is 0.580. The molecule has 5 heteroatoms. The zero-order valence-corrected chi connectivity index (χ0v) is 10.7. The Labute approximate surface area is 103 Å². The number of carboxylic acid groups (broad SMARTS) is 1. The number of carboxylic acids is 1. The molecule has 100 valence electrons. The van der Waals surface area contributed by atoms with Crippen LogP contribution in [0.1, 0.15) is 26.7 Å². The molecule has 0 aliphatic carbocycles. The minimum atomic E-state index is -0.704. The lowest BCUT2D eigenvalue weighted by atomic mass is 9.93. The van der Waals surface area contributed by atoms with Gasteiger partial charge in [0.1, 0.15) is 0 Å². The third-order valence-corrected chi connectivity index (χ3v) is 3.33. The van der Waals surface area contributed by atoms with E-state index in [4.69, 9.17) is 10.2 Å². The number of aliphatic hydroxyl groups excluding tert-OH is 1. The largest absolute Gasteiger partial charge is 0.481 e. The number of aliphatic hydroxyl groups is 1. The maximum absolute atomic E-state index is 11.1. The van der Waals surface area contributed by atoms with Crippen LogP contribution < -0.4 is 5.32 Å². The van der Waals surface area contributed by atoms with Crippen molar-refractivity contribution in [2.45, 2.75) is 38.8 Å². The minimum Gasteiger partial charge on any atom is -0.481 e. The van der Waals surface area contributed by atoms with Crippen LogP contribution in [0.3, 0.4) is 0 Å². The molecule has 0 spiro atoms. The van der Waals surface area contributed by atoms with Crippen molar-refractivity contribution in [3.63, 3.8) is 0 Å². The first-order valence-electron chi connectivity index (χ1n) is 6.35. The lowest BCUT2D eigenvalue weighted by molar-refractivity contribution is -0.144. The lowest BCUT2D eigenvalue weighted by Gasteiger charge is -2.38. The number of likely N-dealkylation sites (tertiary alicyclic amines) is 1. The second kappa shape index (κ2) is 6.93. The fourth-order valence-electron chi connectivity index (χ4n) is 2.27. The van der Waals surface area contributed by atoms with Crippen LogP contribution in [-0.2, 0) is 4.79 Å². The Bertz CT molecular complexity index is 246. The fourth-order valence-corrected chi connectivity index (χ4v) is 2.27. The SMILES string of the molecule is CC(C)N1CC(NCCCO)CC(C(=O)O)C1. The normalized spacial score (nSPS) is 26.4. The van der Waals surface area contributed by atoms with Gasteiger partial charge in [0.2, 0.25) is 0 Å². The maximum atomic E-state index is 11.1. The summed E-state index contributed by atoms with van der Waals surface area (Å²) in [5.41, 5.74) is 0. The van der Waals surface area contributed by atoms with E-state index in [0.717, 1.165) is 19.5 Å². The number of nitrogens with one attached hydrogen (secondary N) is 1. The van der Waals surface area contributed by atoms with Gasteiger partial charge in [-0.05, 0) is 33.2 Å². The van der Waals surface area contributed by atoms with Gasteiger partial charge in [0.05, 0.1) is 5.92 Å². The summed E-state index contributed by atoms with van der Waals surface area (Å²) in [6.45, 7) is 6.65. The second-order valence-corrected chi connectivity index (χ2v) is 5.05. The summed E-state index contributed by atoms with van der Waals surface area (Å²) in [6.07, 6.45) is 1.40. The molecule has 1 fully saturated rings. The van der Waals surface area contributed by atoms with E-state index in [1.54, 1.807) is 0 Å². The molecule has 0 aromatic rings. The molecule has 3 N–H and O–H groups in total. The molecule has 0 aromatic carbocycles. The van der Waals surface area contributed by atoms with Crippen LogP contribution in [0.15, 0.2) is 0 Å². The van der Waals surface area contributed by atoms with E-state index in [9.17, 15) is 4.79 Å². The summed E-state index contributed by atoms with van der Waals surface area (Å²) in [4.78, 5) is 13.3. The number of rotatable bonds is 6. The summed E-state index contributed by atoms with van der Waals surface area (Å²) in [7, 11) is 0. The van der Waals surface area contributed by atoms with Crippen molar-refractivity contribution in [1.82, 2.24) is 10.2 Å². The minimum absolute atomic E-state index is 0.177. The molecular formula is C12H24N2O3. The van der Waals surface area contributed by atoms with Gasteiger partial charge in [0.25, 0.3) is 0 Å². The average Bonchev–Trinajstić information content (AvgIpc) is 2.29. The molecule has 0 saturated carbocycles. The molecule has 1 aliphatic heterocycles. The van der Waals surface area contributed by atoms with E-state index in [0.29, 0.717) is 19.0 Å². The summed E-state index contributed by atoms with van der Waals surface area (Å²) in [6, 6.07) is 0.595. The Morgan fingerprint density at radius 2 is 2.18 bits per heavy atom. The van der Waals surface area contributed by atoms with E-state index >= 15 is 0 Å². The Morgan fingerprint density at radius 1 is 1.47 bits per heavy atom. The lowest BCUT2D eigenvalue weighted by Crippen LogP contribution is -2.53. The molecule has 1 aliphatic rings. The van der Waals surface area contributed by atoms with Crippen LogP contribution in [0.4, 0.5) is 0 Å². The number of hydrogen-bond acceptors (Lipinski definition) is 4. The van der Waals surface area contributed by atoms with Crippen molar-refractivity contribution in [1.29, 1.82) is 0 Å². The number of aliphatic carboxylic acids is 1. The molecule has 1 rings (SSSR count). The Kier molecular flexibility index (Phi) is 5.88. The Morgan fingerprint density at radius 3 is 2.71 bits per heavy atom. The predicted octanol–water partition coefficient (Wildman–Crippen LogP) is 0.142. The Balaban J connectivity index is 2.49. The van der Waals surface area contributed by atoms with Crippen molar-refractivity contribution in [2.24, 2.45) is 5.92 Å². The van der Waals surface area contributed by atoms with Gasteiger partial charge in [-0.25, -0.2) is 0 Å². The molecule has 5 nitrogen and oxygen atoms in total. The molecule has 2 atom stereocenters. The van der Waals surface area contributed by atoms with Gasteiger partial charge in [-0.3, -0.25) is 9.69 Å². The summed E-state index contributed by atoms with van der Waals surface area (Å²) in [5, 5.41) is 21.2. The van der Waals surface area contributed by atoms with Gasteiger partial charge < -0.3 is 15.5 Å². The highest BCUT2D eigenvalue weighted by atomic mass is 16.4.